The van der Waals surface area contributed by atoms with E-state index in [1.807, 2.05) is 0 Å². The summed E-state index contributed by atoms with van der Waals surface area (Å²) in [5.41, 5.74) is 0.353. The molecule has 1 aromatic carbocycles. The second-order valence-electron chi connectivity index (χ2n) is 3.21. The number of halogens is 3. The molecule has 0 spiro atoms. The van der Waals surface area contributed by atoms with Gasteiger partial charge in [-0.2, -0.15) is 0 Å². The van der Waals surface area contributed by atoms with Gasteiger partial charge in [0.25, 0.3) is 5.24 Å². The molecular formula is C11H11Cl3O2. The summed E-state index contributed by atoms with van der Waals surface area (Å²) >= 11 is 15.8. The minimum absolute atomic E-state index is 0.0216. The van der Waals surface area contributed by atoms with E-state index in [-0.39, 0.29) is 11.2 Å². The molecule has 0 heterocycles. The maximum Gasteiger partial charge on any atom is 0.253 e. The molecule has 0 N–H and O–H groups in total. The predicted molar refractivity (Wildman–Crippen MR) is 67.3 cm³/mol. The second-order valence-corrected chi connectivity index (χ2v) is 4.34. The molecule has 0 amide bonds. The van der Waals surface area contributed by atoms with Crippen LogP contribution in [0.25, 0.3) is 0 Å². The van der Waals surface area contributed by atoms with Crippen LogP contribution in [-0.4, -0.2) is 10.5 Å². The maximum absolute atomic E-state index is 10.5. The SMILES string of the molecule is CC(C)C(=O)Cl.O=C(Cl)c1ccccc1Cl. The molecular weight excluding hydrogens is 270 g/mol. The van der Waals surface area contributed by atoms with Crippen molar-refractivity contribution in [2.24, 2.45) is 5.92 Å². The molecule has 0 atom stereocenters. The van der Waals surface area contributed by atoms with Crippen molar-refractivity contribution in [3.63, 3.8) is 0 Å². The zero-order valence-electron chi connectivity index (χ0n) is 8.84. The summed E-state index contributed by atoms with van der Waals surface area (Å²) in [6.45, 7) is 3.52. The van der Waals surface area contributed by atoms with Gasteiger partial charge in [-0.15, -0.1) is 0 Å². The Hall–Kier alpha value is -0.570. The van der Waals surface area contributed by atoms with E-state index in [1.165, 1.54) is 0 Å². The lowest BCUT2D eigenvalue weighted by molar-refractivity contribution is -0.114. The van der Waals surface area contributed by atoms with Crippen molar-refractivity contribution in [3.05, 3.63) is 34.9 Å². The van der Waals surface area contributed by atoms with Crippen molar-refractivity contribution in [2.45, 2.75) is 13.8 Å². The molecule has 0 radical (unpaired) electrons. The van der Waals surface area contributed by atoms with Crippen LogP contribution in [0, 0.1) is 5.92 Å². The Morgan fingerprint density at radius 3 is 1.81 bits per heavy atom. The van der Waals surface area contributed by atoms with Gasteiger partial charge in [-0.1, -0.05) is 37.6 Å². The molecule has 2 nitrogen and oxygen atoms in total. The maximum atomic E-state index is 10.5. The van der Waals surface area contributed by atoms with Crippen LogP contribution < -0.4 is 0 Å². The first-order valence-corrected chi connectivity index (χ1v) is 5.63. The van der Waals surface area contributed by atoms with Crippen molar-refractivity contribution < 1.29 is 9.59 Å². The van der Waals surface area contributed by atoms with Gasteiger partial charge >= 0.3 is 0 Å². The molecule has 0 aliphatic rings. The van der Waals surface area contributed by atoms with E-state index in [0.29, 0.717) is 10.6 Å². The summed E-state index contributed by atoms with van der Waals surface area (Å²) in [7, 11) is 0. The zero-order chi connectivity index (χ0) is 12.7. The monoisotopic (exact) mass is 280 g/mol. The van der Waals surface area contributed by atoms with E-state index in [4.69, 9.17) is 34.8 Å². The van der Waals surface area contributed by atoms with Gasteiger partial charge in [-0.3, -0.25) is 9.59 Å². The summed E-state index contributed by atoms with van der Waals surface area (Å²) in [4.78, 5) is 20.5. The third-order valence-corrected chi connectivity index (χ3v) is 2.51. The van der Waals surface area contributed by atoms with Crippen LogP contribution in [0.15, 0.2) is 24.3 Å². The Labute approximate surface area is 109 Å². The van der Waals surface area contributed by atoms with Gasteiger partial charge in [0.15, 0.2) is 0 Å². The van der Waals surface area contributed by atoms with Crippen molar-refractivity contribution in [1.29, 1.82) is 0 Å². The molecule has 88 valence electrons. The summed E-state index contributed by atoms with van der Waals surface area (Å²) in [5.74, 6) is -0.0216. The van der Waals surface area contributed by atoms with Crippen molar-refractivity contribution >= 4 is 45.3 Å². The van der Waals surface area contributed by atoms with Crippen LogP contribution in [0.3, 0.4) is 0 Å². The van der Waals surface area contributed by atoms with Crippen LogP contribution in [-0.2, 0) is 4.79 Å². The van der Waals surface area contributed by atoms with Gasteiger partial charge in [-0.05, 0) is 35.3 Å². The molecule has 0 aliphatic heterocycles. The summed E-state index contributed by atoms with van der Waals surface area (Å²) < 4.78 is 0. The van der Waals surface area contributed by atoms with E-state index in [0.717, 1.165) is 0 Å². The lowest BCUT2D eigenvalue weighted by atomic mass is 10.2. The average molecular weight is 282 g/mol. The smallest absolute Gasteiger partial charge is 0.253 e. The highest BCUT2D eigenvalue weighted by atomic mass is 35.5. The van der Waals surface area contributed by atoms with E-state index in [1.54, 1.807) is 38.1 Å². The van der Waals surface area contributed by atoms with Crippen LogP contribution >= 0.6 is 34.8 Å². The molecule has 0 unspecified atom stereocenters. The second kappa shape index (κ2) is 7.66. The minimum Gasteiger partial charge on any atom is -0.281 e. The van der Waals surface area contributed by atoms with E-state index in [2.05, 4.69) is 0 Å². The molecule has 1 rings (SSSR count). The largest absolute Gasteiger partial charge is 0.281 e. The van der Waals surface area contributed by atoms with Gasteiger partial charge in [0.1, 0.15) is 0 Å². The molecule has 0 aliphatic carbocycles. The van der Waals surface area contributed by atoms with Crippen LogP contribution in [0.4, 0.5) is 0 Å². The third-order valence-electron chi connectivity index (χ3n) is 1.54. The Bertz CT molecular complexity index is 375. The predicted octanol–water partition coefficient (Wildman–Crippen LogP) is 4.13. The number of benzene rings is 1. The van der Waals surface area contributed by atoms with Gasteiger partial charge < -0.3 is 0 Å². The first-order chi connectivity index (χ1) is 7.36. The first kappa shape index (κ1) is 15.4. The zero-order valence-corrected chi connectivity index (χ0v) is 11.1. The Balaban J connectivity index is 0.000000325. The van der Waals surface area contributed by atoms with Gasteiger partial charge in [-0.25, -0.2) is 0 Å². The van der Waals surface area contributed by atoms with Crippen LogP contribution in [0.2, 0.25) is 5.02 Å². The topological polar surface area (TPSA) is 34.1 Å². The van der Waals surface area contributed by atoms with E-state index >= 15 is 0 Å². The first-order valence-electron chi connectivity index (χ1n) is 4.50. The fourth-order valence-electron chi connectivity index (χ4n) is 0.621. The highest BCUT2D eigenvalue weighted by Crippen LogP contribution is 2.16. The number of carbonyl (C=O) groups is 2. The number of hydrogen-bond donors (Lipinski definition) is 0. The Morgan fingerprint density at radius 2 is 1.56 bits per heavy atom. The fourth-order valence-corrected chi connectivity index (χ4v) is 1.06. The average Bonchev–Trinajstić information content (AvgIpc) is 2.18. The molecule has 16 heavy (non-hydrogen) atoms. The summed E-state index contributed by atoms with van der Waals surface area (Å²) in [5, 5.41) is -0.400. The van der Waals surface area contributed by atoms with E-state index in [9.17, 15) is 9.59 Å². The molecule has 0 aromatic heterocycles. The van der Waals surface area contributed by atoms with Gasteiger partial charge in [0.2, 0.25) is 5.24 Å². The molecule has 0 bridgehead atoms. The van der Waals surface area contributed by atoms with Crippen LogP contribution in [0.1, 0.15) is 24.2 Å². The quantitative estimate of drug-likeness (QED) is 0.764. The molecule has 0 saturated heterocycles. The van der Waals surface area contributed by atoms with Crippen LogP contribution in [0.5, 0.6) is 0 Å². The number of carbonyl (C=O) groups excluding carboxylic acids is 2. The summed E-state index contributed by atoms with van der Waals surface area (Å²) in [6, 6.07) is 6.65. The molecule has 0 fully saturated rings. The lowest BCUT2D eigenvalue weighted by Gasteiger charge is -1.93. The minimum atomic E-state index is -0.523. The Kier molecular flexibility index (Phi) is 7.39. The Morgan fingerprint density at radius 1 is 1.12 bits per heavy atom. The van der Waals surface area contributed by atoms with E-state index < -0.39 is 5.24 Å². The van der Waals surface area contributed by atoms with Gasteiger partial charge in [0, 0.05) is 5.92 Å². The standard InChI is InChI=1S/C7H4Cl2O.C4H7ClO/c8-6-4-2-1-3-5(6)7(9)10;1-3(2)4(5)6/h1-4H;3H,1-2H3. The highest BCUT2D eigenvalue weighted by Gasteiger charge is 2.04. The van der Waals surface area contributed by atoms with Crippen molar-refractivity contribution in [2.75, 3.05) is 0 Å². The third kappa shape index (κ3) is 6.11. The molecule has 5 heteroatoms. The number of rotatable bonds is 2. The molecule has 0 saturated carbocycles. The molecule has 1 aromatic rings. The normalized spacial score (nSPS) is 9.38. The fraction of sp³-hybridized carbons (Fsp3) is 0.273. The highest BCUT2D eigenvalue weighted by molar-refractivity contribution is 6.68. The lowest BCUT2D eigenvalue weighted by Crippen LogP contribution is -1.95. The van der Waals surface area contributed by atoms with Crippen molar-refractivity contribution in [3.8, 4) is 0 Å². The van der Waals surface area contributed by atoms with Gasteiger partial charge in [0.05, 0.1) is 10.6 Å². The number of hydrogen-bond acceptors (Lipinski definition) is 2. The van der Waals surface area contributed by atoms with Crippen molar-refractivity contribution in [1.82, 2.24) is 0 Å². The summed E-state index contributed by atoms with van der Waals surface area (Å²) in [6.07, 6.45) is 0.